The van der Waals surface area contributed by atoms with E-state index in [9.17, 15) is 5.11 Å². The van der Waals surface area contributed by atoms with E-state index in [0.29, 0.717) is 31.2 Å². The van der Waals surface area contributed by atoms with E-state index in [-0.39, 0.29) is 11.4 Å². The molecule has 0 saturated heterocycles. The van der Waals surface area contributed by atoms with Crippen LogP contribution >= 0.6 is 0 Å². The fraction of sp³-hybridized carbons (Fsp3) is 0.409. The summed E-state index contributed by atoms with van der Waals surface area (Å²) in [5, 5.41) is 16.6. The van der Waals surface area contributed by atoms with Gasteiger partial charge in [0.1, 0.15) is 22.8 Å². The standard InChI is InChI=1S/C22H31N3O3/c1-22(2,3)28-20-9-7-6-8-17(20)15-25-21(23-4)24-13-12-16-10-11-18(27-5)14-19(16)26/h6-11,14,26H,12-13,15H2,1-5H3,(H2,23,24,25). The molecule has 0 saturated carbocycles. The third kappa shape index (κ3) is 6.68. The van der Waals surface area contributed by atoms with E-state index in [1.807, 2.05) is 57.2 Å². The average molecular weight is 386 g/mol. The Labute approximate surface area is 167 Å². The minimum atomic E-state index is -0.254. The summed E-state index contributed by atoms with van der Waals surface area (Å²) in [4.78, 5) is 4.26. The van der Waals surface area contributed by atoms with Gasteiger partial charge >= 0.3 is 0 Å². The maximum atomic E-state index is 10.1. The average Bonchev–Trinajstić information content (AvgIpc) is 2.65. The number of phenolic OH excluding ortho intramolecular Hbond substituents is 1. The zero-order valence-electron chi connectivity index (χ0n) is 17.4. The Morgan fingerprint density at radius 3 is 2.46 bits per heavy atom. The number of nitrogens with zero attached hydrogens (tertiary/aromatic N) is 1. The molecular weight excluding hydrogens is 354 g/mol. The van der Waals surface area contributed by atoms with Crippen LogP contribution in [0, 0.1) is 0 Å². The lowest BCUT2D eigenvalue weighted by Crippen LogP contribution is -2.38. The van der Waals surface area contributed by atoms with Crippen molar-refractivity contribution in [2.75, 3.05) is 20.7 Å². The summed E-state index contributed by atoms with van der Waals surface area (Å²) >= 11 is 0. The van der Waals surface area contributed by atoms with Crippen molar-refractivity contribution in [3.05, 3.63) is 53.6 Å². The summed E-state index contributed by atoms with van der Waals surface area (Å²) in [6.45, 7) is 7.34. The minimum absolute atomic E-state index is 0.234. The van der Waals surface area contributed by atoms with E-state index >= 15 is 0 Å². The number of aliphatic imine (C=N–C) groups is 1. The summed E-state index contributed by atoms with van der Waals surface area (Å²) in [6.07, 6.45) is 0.667. The molecule has 28 heavy (non-hydrogen) atoms. The molecule has 0 fully saturated rings. The van der Waals surface area contributed by atoms with Gasteiger partial charge < -0.3 is 25.2 Å². The van der Waals surface area contributed by atoms with Gasteiger partial charge in [-0.3, -0.25) is 4.99 Å². The molecule has 0 unspecified atom stereocenters. The number of ether oxygens (including phenoxy) is 2. The third-order valence-electron chi connectivity index (χ3n) is 4.04. The van der Waals surface area contributed by atoms with Gasteiger partial charge in [-0.05, 0) is 44.9 Å². The molecule has 2 aromatic carbocycles. The van der Waals surface area contributed by atoms with Gasteiger partial charge in [0.2, 0.25) is 0 Å². The van der Waals surface area contributed by atoms with Crippen LogP contribution in [0.25, 0.3) is 0 Å². The summed E-state index contributed by atoms with van der Waals surface area (Å²) < 4.78 is 11.1. The molecule has 6 heteroatoms. The highest BCUT2D eigenvalue weighted by Gasteiger charge is 2.14. The first kappa shape index (κ1) is 21.4. The Balaban J connectivity index is 1.89. The summed E-state index contributed by atoms with van der Waals surface area (Å²) in [6, 6.07) is 13.3. The normalized spacial score (nSPS) is 11.8. The van der Waals surface area contributed by atoms with Gasteiger partial charge in [0.25, 0.3) is 0 Å². The van der Waals surface area contributed by atoms with Gasteiger partial charge in [0, 0.05) is 31.8 Å². The van der Waals surface area contributed by atoms with Gasteiger partial charge in [-0.15, -0.1) is 0 Å². The summed E-state index contributed by atoms with van der Waals surface area (Å²) in [5.41, 5.74) is 1.66. The molecule has 3 N–H and O–H groups in total. The van der Waals surface area contributed by atoms with Crippen LogP contribution < -0.4 is 20.1 Å². The number of methoxy groups -OCH3 is 1. The van der Waals surface area contributed by atoms with Crippen LogP contribution in [0.15, 0.2) is 47.5 Å². The highest BCUT2D eigenvalue weighted by molar-refractivity contribution is 5.79. The van der Waals surface area contributed by atoms with Gasteiger partial charge in [-0.2, -0.15) is 0 Å². The van der Waals surface area contributed by atoms with Crippen molar-refractivity contribution in [2.24, 2.45) is 4.99 Å². The lowest BCUT2D eigenvalue weighted by Gasteiger charge is -2.23. The summed E-state index contributed by atoms with van der Waals surface area (Å²) in [5.74, 6) is 2.43. The predicted octanol–water partition coefficient (Wildman–Crippen LogP) is 3.49. The molecule has 2 rings (SSSR count). The van der Waals surface area contributed by atoms with Crippen molar-refractivity contribution in [3.8, 4) is 17.2 Å². The molecule has 152 valence electrons. The molecule has 0 spiro atoms. The van der Waals surface area contributed by atoms with Gasteiger partial charge in [-0.1, -0.05) is 24.3 Å². The molecule has 0 atom stereocenters. The first-order chi connectivity index (χ1) is 13.3. The number of guanidine groups is 1. The Kier molecular flexibility index (Phi) is 7.55. The van der Waals surface area contributed by atoms with Gasteiger partial charge in [0.15, 0.2) is 5.96 Å². The van der Waals surface area contributed by atoms with Crippen molar-refractivity contribution < 1.29 is 14.6 Å². The lowest BCUT2D eigenvalue weighted by atomic mass is 10.1. The molecule has 0 heterocycles. The van der Waals surface area contributed by atoms with E-state index < -0.39 is 0 Å². The third-order valence-corrected chi connectivity index (χ3v) is 4.04. The molecule has 0 radical (unpaired) electrons. The van der Waals surface area contributed by atoms with Crippen LogP contribution in [0.3, 0.4) is 0 Å². The monoisotopic (exact) mass is 385 g/mol. The van der Waals surface area contributed by atoms with Crippen LogP contribution in [0.1, 0.15) is 31.9 Å². The SMILES string of the molecule is CN=C(NCCc1ccc(OC)cc1O)NCc1ccccc1OC(C)(C)C. The maximum Gasteiger partial charge on any atom is 0.191 e. The van der Waals surface area contributed by atoms with Gasteiger partial charge in [-0.25, -0.2) is 0 Å². The molecule has 0 amide bonds. The number of hydrogen-bond donors (Lipinski definition) is 3. The van der Waals surface area contributed by atoms with E-state index in [4.69, 9.17) is 9.47 Å². The van der Waals surface area contributed by atoms with E-state index in [0.717, 1.165) is 16.9 Å². The lowest BCUT2D eigenvalue weighted by molar-refractivity contribution is 0.129. The van der Waals surface area contributed by atoms with Crippen LogP contribution in [0.2, 0.25) is 0 Å². The van der Waals surface area contributed by atoms with Crippen molar-refractivity contribution in [2.45, 2.75) is 39.3 Å². The molecule has 0 aliphatic rings. The smallest absolute Gasteiger partial charge is 0.191 e. The fourth-order valence-corrected chi connectivity index (χ4v) is 2.68. The first-order valence-corrected chi connectivity index (χ1v) is 9.39. The molecule has 0 aliphatic heterocycles. The van der Waals surface area contributed by atoms with Crippen molar-refractivity contribution in [3.63, 3.8) is 0 Å². The van der Waals surface area contributed by atoms with Crippen LogP contribution in [0.5, 0.6) is 17.2 Å². The zero-order valence-corrected chi connectivity index (χ0v) is 17.4. The summed E-state index contributed by atoms with van der Waals surface area (Å²) in [7, 11) is 3.31. The quantitative estimate of drug-likeness (QED) is 0.503. The Morgan fingerprint density at radius 1 is 1.07 bits per heavy atom. The zero-order chi connectivity index (χ0) is 20.6. The second kappa shape index (κ2) is 9.88. The molecule has 0 aliphatic carbocycles. The number of para-hydroxylation sites is 1. The largest absolute Gasteiger partial charge is 0.508 e. The Hall–Kier alpha value is -2.89. The van der Waals surface area contributed by atoms with E-state index in [2.05, 4.69) is 15.6 Å². The topological polar surface area (TPSA) is 75.1 Å². The van der Waals surface area contributed by atoms with Crippen LogP contribution in [-0.4, -0.2) is 37.4 Å². The van der Waals surface area contributed by atoms with E-state index in [1.54, 1.807) is 20.2 Å². The second-order valence-electron chi connectivity index (χ2n) is 7.42. The Bertz CT molecular complexity index is 798. The Morgan fingerprint density at radius 2 is 1.82 bits per heavy atom. The number of nitrogens with one attached hydrogen (secondary N) is 2. The fourth-order valence-electron chi connectivity index (χ4n) is 2.68. The minimum Gasteiger partial charge on any atom is -0.508 e. The molecular formula is C22H31N3O3. The molecule has 0 bridgehead atoms. The van der Waals surface area contributed by atoms with Crippen LogP contribution in [0.4, 0.5) is 0 Å². The number of phenols is 1. The maximum absolute atomic E-state index is 10.1. The van der Waals surface area contributed by atoms with Crippen LogP contribution in [-0.2, 0) is 13.0 Å². The van der Waals surface area contributed by atoms with Crippen molar-refractivity contribution in [1.29, 1.82) is 0 Å². The van der Waals surface area contributed by atoms with E-state index in [1.165, 1.54) is 0 Å². The number of hydrogen-bond acceptors (Lipinski definition) is 4. The van der Waals surface area contributed by atoms with Gasteiger partial charge in [0.05, 0.1) is 7.11 Å². The first-order valence-electron chi connectivity index (χ1n) is 9.39. The predicted molar refractivity (Wildman–Crippen MR) is 113 cm³/mol. The highest BCUT2D eigenvalue weighted by atomic mass is 16.5. The second-order valence-corrected chi connectivity index (χ2v) is 7.42. The van der Waals surface area contributed by atoms with Crippen molar-refractivity contribution >= 4 is 5.96 Å². The number of benzene rings is 2. The molecule has 0 aromatic heterocycles. The highest BCUT2D eigenvalue weighted by Crippen LogP contribution is 2.24. The number of aromatic hydroxyl groups is 1. The molecule has 6 nitrogen and oxygen atoms in total. The molecule has 2 aromatic rings. The van der Waals surface area contributed by atoms with Crippen molar-refractivity contribution in [1.82, 2.24) is 10.6 Å². The number of rotatable bonds is 7.